The van der Waals surface area contributed by atoms with Crippen molar-refractivity contribution in [2.45, 2.75) is 203 Å². The second-order valence-electron chi connectivity index (χ2n) is 16.2. The number of aliphatic hydroxyl groups excluding tert-OH is 8. The van der Waals surface area contributed by atoms with E-state index in [9.17, 15) is 45.6 Å². The molecule has 0 radical (unpaired) electrons. The van der Waals surface area contributed by atoms with E-state index in [1.807, 2.05) is 6.92 Å². The first-order valence-corrected chi connectivity index (χ1v) is 23.2. The second kappa shape index (κ2) is 34.8. The van der Waals surface area contributed by atoms with Crippen molar-refractivity contribution in [2.24, 2.45) is 0 Å². The third-order valence-electron chi connectivity index (χ3n) is 10.9. The molecule has 2 aliphatic heterocycles. The lowest BCUT2D eigenvalue weighted by Gasteiger charge is -2.46. The molecule has 14 nitrogen and oxygen atoms in total. The van der Waals surface area contributed by atoms with E-state index < -0.39 is 86.8 Å². The quantitative estimate of drug-likeness (QED) is 0.0317. The van der Waals surface area contributed by atoms with Crippen molar-refractivity contribution in [1.29, 1.82) is 0 Å². The average Bonchev–Trinajstić information content (AvgIpc) is 3.27. The van der Waals surface area contributed by atoms with Crippen LogP contribution in [0, 0.1) is 0 Å². The molecule has 2 saturated heterocycles. The first kappa shape index (κ1) is 55.6. The van der Waals surface area contributed by atoms with Gasteiger partial charge in [0, 0.05) is 6.42 Å². The van der Waals surface area contributed by atoms with Gasteiger partial charge in [0.1, 0.15) is 48.8 Å². The molecule has 9 N–H and O–H groups in total. The molecule has 2 fully saturated rings. The molecule has 0 aromatic heterocycles. The van der Waals surface area contributed by atoms with Gasteiger partial charge in [-0.3, -0.25) is 4.79 Å². The molecule has 0 spiro atoms. The lowest BCUT2D eigenvalue weighted by molar-refractivity contribution is -0.359. The zero-order valence-corrected chi connectivity index (χ0v) is 37.3. The highest BCUT2D eigenvalue weighted by Crippen LogP contribution is 2.30. The Hall–Kier alpha value is -2.57. The Labute approximate surface area is 370 Å². The van der Waals surface area contributed by atoms with Crippen molar-refractivity contribution < 1.29 is 64.6 Å². The van der Waals surface area contributed by atoms with Gasteiger partial charge < -0.3 is 65.1 Å². The number of aliphatic hydroxyl groups is 8. The van der Waals surface area contributed by atoms with Crippen LogP contribution in [0.2, 0.25) is 0 Å². The number of carbonyl (C=O) groups excluding carboxylic acids is 1. The Balaban J connectivity index is 1.67. The Morgan fingerprint density at radius 2 is 1.11 bits per heavy atom. The molecule has 0 saturated carbocycles. The summed E-state index contributed by atoms with van der Waals surface area (Å²) in [5.74, 6) is -0.239. The first-order valence-electron chi connectivity index (χ1n) is 23.2. The van der Waals surface area contributed by atoms with Crippen molar-refractivity contribution in [3.8, 4) is 0 Å². The van der Waals surface area contributed by atoms with Crippen LogP contribution in [-0.2, 0) is 23.7 Å². The zero-order valence-electron chi connectivity index (χ0n) is 37.3. The summed E-state index contributed by atoms with van der Waals surface area (Å²) in [5.41, 5.74) is 0. The monoisotopic (exact) mass is 880 g/mol. The molecule has 2 rings (SSSR count). The summed E-state index contributed by atoms with van der Waals surface area (Å²) in [6.07, 6.45) is 25.9. The molecular formula is C48H81NO13. The van der Waals surface area contributed by atoms with Gasteiger partial charge in [-0.1, -0.05) is 132 Å². The molecule has 14 heteroatoms. The van der Waals surface area contributed by atoms with Crippen molar-refractivity contribution in [3.63, 3.8) is 0 Å². The van der Waals surface area contributed by atoms with Crippen LogP contribution >= 0.6 is 0 Å². The van der Waals surface area contributed by atoms with E-state index in [0.29, 0.717) is 12.8 Å². The summed E-state index contributed by atoms with van der Waals surface area (Å²) in [5, 5.41) is 85.9. The Morgan fingerprint density at radius 1 is 0.597 bits per heavy atom. The molecule has 356 valence electrons. The maximum atomic E-state index is 13.0. The van der Waals surface area contributed by atoms with Crippen LogP contribution < -0.4 is 5.32 Å². The molecule has 0 bridgehead atoms. The molecule has 62 heavy (non-hydrogen) atoms. The molecule has 12 atom stereocenters. The van der Waals surface area contributed by atoms with Gasteiger partial charge in [0.25, 0.3) is 0 Å². The molecule has 0 aromatic carbocycles. The summed E-state index contributed by atoms with van der Waals surface area (Å²) in [4.78, 5) is 13.0. The van der Waals surface area contributed by atoms with Gasteiger partial charge in [-0.2, -0.15) is 0 Å². The first-order chi connectivity index (χ1) is 30.1. The Bertz CT molecular complexity index is 1320. The molecule has 0 aromatic rings. The summed E-state index contributed by atoms with van der Waals surface area (Å²) in [7, 11) is 0. The van der Waals surface area contributed by atoms with Gasteiger partial charge in [-0.25, -0.2) is 0 Å². The standard InChI is InChI=1S/C48H81NO13/c1-3-5-7-8-9-10-11-12-13-14-15-16-17-18-19-20-21-22-23-24-25-26-27-28-30-32-40(53)49-36(37(52)31-29-6-4-2)35-59-47-45(58)43(56)46(39(34-51)61-47)62-48-44(57)42(55)41(54)38(33-50)60-48/h5,7,9-10,12-13,15-16,18-19,21-22,36-39,41-48,50-52,54-58H,3-4,6,8,11,14,17,20,23-35H2,1-2H3,(H,49,53)/b7-5-,10-9-,13-12-,16-15-,19-18-,22-21-. The average molecular weight is 880 g/mol. The van der Waals surface area contributed by atoms with Crippen LogP contribution in [0.4, 0.5) is 0 Å². The number of allylic oxidation sites excluding steroid dienone is 12. The number of hydrogen-bond donors (Lipinski definition) is 9. The summed E-state index contributed by atoms with van der Waals surface area (Å²) >= 11 is 0. The maximum Gasteiger partial charge on any atom is 0.220 e. The number of nitrogens with one attached hydrogen (secondary N) is 1. The second-order valence-corrected chi connectivity index (χ2v) is 16.2. The molecule has 12 unspecified atom stereocenters. The summed E-state index contributed by atoms with van der Waals surface area (Å²) in [6, 6.07) is -0.836. The Kier molecular flexibility index (Phi) is 31.2. The summed E-state index contributed by atoms with van der Waals surface area (Å²) < 4.78 is 22.5. The van der Waals surface area contributed by atoms with Gasteiger partial charge in [-0.15, -0.1) is 0 Å². The van der Waals surface area contributed by atoms with Crippen molar-refractivity contribution in [3.05, 3.63) is 72.9 Å². The predicted octanol–water partition coefficient (Wildman–Crippen LogP) is 4.87. The minimum atomic E-state index is -1.78. The smallest absolute Gasteiger partial charge is 0.220 e. The minimum absolute atomic E-state index is 0.239. The maximum absolute atomic E-state index is 13.0. The van der Waals surface area contributed by atoms with E-state index in [1.54, 1.807) is 0 Å². The van der Waals surface area contributed by atoms with Gasteiger partial charge in [-0.05, 0) is 64.2 Å². The van der Waals surface area contributed by atoms with Gasteiger partial charge in [0.2, 0.25) is 5.91 Å². The van der Waals surface area contributed by atoms with E-state index >= 15 is 0 Å². The zero-order chi connectivity index (χ0) is 45.4. The fraction of sp³-hybridized carbons (Fsp3) is 0.729. The fourth-order valence-corrected chi connectivity index (χ4v) is 7.12. The van der Waals surface area contributed by atoms with E-state index in [0.717, 1.165) is 96.3 Å². The van der Waals surface area contributed by atoms with Gasteiger partial charge in [0.05, 0.1) is 32.0 Å². The number of carbonyl (C=O) groups is 1. The molecule has 1 amide bonds. The van der Waals surface area contributed by atoms with E-state index in [1.165, 1.54) is 0 Å². The van der Waals surface area contributed by atoms with Crippen molar-refractivity contribution >= 4 is 5.91 Å². The van der Waals surface area contributed by atoms with Crippen LogP contribution in [0.5, 0.6) is 0 Å². The van der Waals surface area contributed by atoms with Crippen LogP contribution in [0.1, 0.15) is 129 Å². The van der Waals surface area contributed by atoms with Crippen LogP contribution in [-0.4, -0.2) is 140 Å². The topological polar surface area (TPSA) is 228 Å². The van der Waals surface area contributed by atoms with E-state index in [-0.39, 0.29) is 18.9 Å². The van der Waals surface area contributed by atoms with Gasteiger partial charge in [0.15, 0.2) is 12.6 Å². The minimum Gasteiger partial charge on any atom is -0.394 e. The Morgan fingerprint density at radius 3 is 1.68 bits per heavy atom. The number of hydrogen-bond acceptors (Lipinski definition) is 13. The van der Waals surface area contributed by atoms with Crippen LogP contribution in [0.25, 0.3) is 0 Å². The van der Waals surface area contributed by atoms with E-state index in [4.69, 9.17) is 18.9 Å². The molecular weight excluding hydrogens is 799 g/mol. The third kappa shape index (κ3) is 22.4. The number of unbranched alkanes of at least 4 members (excludes halogenated alkanes) is 8. The number of rotatable bonds is 33. The van der Waals surface area contributed by atoms with Crippen LogP contribution in [0.15, 0.2) is 72.9 Å². The predicted molar refractivity (Wildman–Crippen MR) is 240 cm³/mol. The van der Waals surface area contributed by atoms with E-state index in [2.05, 4.69) is 85.2 Å². The SMILES string of the molecule is CC/C=C\C/C=C\C/C=C\C/C=C\C/C=C\C/C=C\CCCCCCCCC(=O)NC(COC1OC(CO)C(OC2OC(CO)C(O)C(O)C2O)C(O)C1O)C(O)CCCCC. The molecule has 2 aliphatic rings. The van der Waals surface area contributed by atoms with Gasteiger partial charge >= 0.3 is 0 Å². The lowest BCUT2D eigenvalue weighted by atomic mass is 9.97. The van der Waals surface area contributed by atoms with Crippen LogP contribution in [0.3, 0.4) is 0 Å². The number of amides is 1. The molecule has 2 heterocycles. The highest BCUT2D eigenvalue weighted by Gasteiger charge is 2.51. The lowest BCUT2D eigenvalue weighted by Crippen LogP contribution is -2.65. The molecule has 0 aliphatic carbocycles. The highest BCUT2D eigenvalue weighted by atomic mass is 16.7. The fourth-order valence-electron chi connectivity index (χ4n) is 7.12. The largest absolute Gasteiger partial charge is 0.394 e. The highest BCUT2D eigenvalue weighted by molar-refractivity contribution is 5.76. The van der Waals surface area contributed by atoms with Crippen molar-refractivity contribution in [1.82, 2.24) is 5.32 Å². The van der Waals surface area contributed by atoms with Crippen molar-refractivity contribution in [2.75, 3.05) is 19.8 Å². The normalized spacial score (nSPS) is 28.4. The third-order valence-corrected chi connectivity index (χ3v) is 10.9. The summed E-state index contributed by atoms with van der Waals surface area (Å²) in [6.45, 7) is 2.51. The number of ether oxygens (including phenoxy) is 4.